The van der Waals surface area contributed by atoms with Gasteiger partial charge in [-0.15, -0.1) is 0 Å². The molecule has 0 saturated heterocycles. The fourth-order valence-electron chi connectivity index (χ4n) is 2.99. The number of fused-ring (bicyclic) bond motifs is 1. The molecule has 0 amide bonds. The van der Waals surface area contributed by atoms with Gasteiger partial charge in [0.2, 0.25) is 0 Å². The second-order valence-electron chi connectivity index (χ2n) is 5.72. The van der Waals surface area contributed by atoms with Gasteiger partial charge in [-0.1, -0.05) is 42.5 Å². The Labute approximate surface area is 145 Å². The average molecular weight is 325 g/mol. The van der Waals surface area contributed by atoms with Crippen LogP contribution in [-0.2, 0) is 0 Å². The van der Waals surface area contributed by atoms with Gasteiger partial charge in [-0.05, 0) is 29.8 Å². The van der Waals surface area contributed by atoms with E-state index < -0.39 is 0 Å². The molecule has 25 heavy (non-hydrogen) atoms. The summed E-state index contributed by atoms with van der Waals surface area (Å²) in [6, 6.07) is 25.6. The molecule has 0 radical (unpaired) electrons. The number of methoxy groups -OCH3 is 1. The molecule has 0 atom stereocenters. The third kappa shape index (κ3) is 2.64. The first kappa shape index (κ1) is 15.0. The molecule has 3 nitrogen and oxygen atoms in total. The van der Waals surface area contributed by atoms with Crippen molar-refractivity contribution < 1.29 is 9.15 Å². The molecule has 0 bridgehead atoms. The van der Waals surface area contributed by atoms with Crippen molar-refractivity contribution >= 4 is 11.0 Å². The molecule has 0 saturated carbocycles. The van der Waals surface area contributed by atoms with Crippen LogP contribution in [0.3, 0.4) is 0 Å². The van der Waals surface area contributed by atoms with Crippen molar-refractivity contribution in [3.8, 4) is 34.3 Å². The van der Waals surface area contributed by atoms with E-state index in [1.54, 1.807) is 7.11 Å². The highest BCUT2D eigenvalue weighted by Crippen LogP contribution is 2.41. The first-order valence-electron chi connectivity index (χ1n) is 7.96. The lowest BCUT2D eigenvalue weighted by atomic mass is 9.98. The molecule has 3 aromatic carbocycles. The van der Waals surface area contributed by atoms with Crippen LogP contribution < -0.4 is 4.74 Å². The van der Waals surface area contributed by atoms with Gasteiger partial charge in [-0.25, -0.2) is 0 Å². The number of nitrogens with zero attached hydrogens (tertiary/aromatic N) is 1. The average Bonchev–Trinajstić information content (AvgIpc) is 3.07. The van der Waals surface area contributed by atoms with Crippen molar-refractivity contribution in [3.05, 3.63) is 78.4 Å². The quantitative estimate of drug-likeness (QED) is 0.489. The standard InChI is InChI=1S/C22H15NO2/c1-24-18-11-12-19-20(13-18)25-22(17-5-3-2-4-6-17)21(19)16-9-7-15(14-23)8-10-16/h2-13H,1H3. The van der Waals surface area contributed by atoms with Crippen molar-refractivity contribution in [1.82, 2.24) is 0 Å². The number of benzene rings is 3. The van der Waals surface area contributed by atoms with E-state index in [9.17, 15) is 0 Å². The van der Waals surface area contributed by atoms with E-state index in [4.69, 9.17) is 14.4 Å². The molecule has 0 unspecified atom stereocenters. The molecule has 0 fully saturated rings. The van der Waals surface area contributed by atoms with Crippen LogP contribution in [0.1, 0.15) is 5.56 Å². The Bertz CT molecular complexity index is 1070. The van der Waals surface area contributed by atoms with Crippen LogP contribution >= 0.6 is 0 Å². The Kier molecular flexibility index (Phi) is 3.72. The van der Waals surface area contributed by atoms with E-state index in [-0.39, 0.29) is 0 Å². The summed E-state index contributed by atoms with van der Waals surface area (Å²) in [6.07, 6.45) is 0. The lowest BCUT2D eigenvalue weighted by molar-refractivity contribution is 0.414. The van der Waals surface area contributed by atoms with Crippen LogP contribution in [0.5, 0.6) is 5.75 Å². The highest BCUT2D eigenvalue weighted by Gasteiger charge is 2.18. The molecule has 120 valence electrons. The van der Waals surface area contributed by atoms with Gasteiger partial charge in [0.25, 0.3) is 0 Å². The van der Waals surface area contributed by atoms with Crippen molar-refractivity contribution in [2.75, 3.05) is 7.11 Å². The molecule has 0 aliphatic heterocycles. The van der Waals surface area contributed by atoms with Crippen LogP contribution in [0.25, 0.3) is 33.4 Å². The maximum Gasteiger partial charge on any atom is 0.143 e. The minimum Gasteiger partial charge on any atom is -0.497 e. The van der Waals surface area contributed by atoms with Crippen molar-refractivity contribution in [1.29, 1.82) is 5.26 Å². The highest BCUT2D eigenvalue weighted by atomic mass is 16.5. The number of rotatable bonds is 3. The van der Waals surface area contributed by atoms with E-state index in [1.165, 1.54) is 0 Å². The number of ether oxygens (including phenoxy) is 1. The molecule has 0 aliphatic carbocycles. The Morgan fingerprint density at radius 2 is 1.64 bits per heavy atom. The van der Waals surface area contributed by atoms with E-state index in [0.717, 1.165) is 39.2 Å². The highest BCUT2D eigenvalue weighted by molar-refractivity contribution is 6.02. The maximum atomic E-state index is 9.04. The third-order valence-electron chi connectivity index (χ3n) is 4.24. The Balaban J connectivity index is 2.00. The molecule has 0 aliphatic rings. The number of furan rings is 1. The topological polar surface area (TPSA) is 46.2 Å². The van der Waals surface area contributed by atoms with Gasteiger partial charge in [0, 0.05) is 22.6 Å². The summed E-state index contributed by atoms with van der Waals surface area (Å²) in [4.78, 5) is 0. The molecular weight excluding hydrogens is 310 g/mol. The molecule has 4 aromatic rings. The summed E-state index contributed by atoms with van der Waals surface area (Å²) in [5.74, 6) is 1.57. The lowest BCUT2D eigenvalue weighted by Gasteiger charge is -2.04. The summed E-state index contributed by atoms with van der Waals surface area (Å²) >= 11 is 0. The summed E-state index contributed by atoms with van der Waals surface area (Å²) in [7, 11) is 1.64. The summed E-state index contributed by atoms with van der Waals surface area (Å²) in [6.45, 7) is 0. The van der Waals surface area contributed by atoms with Crippen LogP contribution in [0.4, 0.5) is 0 Å². The zero-order valence-corrected chi connectivity index (χ0v) is 13.7. The molecule has 0 N–H and O–H groups in total. The predicted molar refractivity (Wildman–Crippen MR) is 98.4 cm³/mol. The smallest absolute Gasteiger partial charge is 0.143 e. The van der Waals surface area contributed by atoms with Gasteiger partial charge in [-0.3, -0.25) is 0 Å². The number of hydrogen-bond donors (Lipinski definition) is 0. The molecule has 4 rings (SSSR count). The first-order valence-corrected chi connectivity index (χ1v) is 7.96. The van der Waals surface area contributed by atoms with Gasteiger partial charge in [0.15, 0.2) is 0 Å². The monoisotopic (exact) mass is 325 g/mol. The van der Waals surface area contributed by atoms with Crippen molar-refractivity contribution in [2.45, 2.75) is 0 Å². The van der Waals surface area contributed by atoms with Gasteiger partial charge < -0.3 is 9.15 Å². The normalized spacial score (nSPS) is 10.6. The molecule has 3 heteroatoms. The summed E-state index contributed by atoms with van der Waals surface area (Å²) in [5, 5.41) is 10.1. The predicted octanol–water partition coefficient (Wildman–Crippen LogP) is 5.65. The largest absolute Gasteiger partial charge is 0.497 e. The van der Waals surface area contributed by atoms with Gasteiger partial charge in [0.1, 0.15) is 17.1 Å². The second-order valence-corrected chi connectivity index (χ2v) is 5.72. The first-order chi connectivity index (χ1) is 12.3. The van der Waals surface area contributed by atoms with E-state index >= 15 is 0 Å². The van der Waals surface area contributed by atoms with Crippen LogP contribution in [0, 0.1) is 11.3 Å². The van der Waals surface area contributed by atoms with Gasteiger partial charge >= 0.3 is 0 Å². The molecule has 1 aromatic heterocycles. The summed E-state index contributed by atoms with van der Waals surface area (Å²) in [5.41, 5.74) is 4.46. The molecular formula is C22H15NO2. The molecule has 1 heterocycles. The van der Waals surface area contributed by atoms with E-state index in [2.05, 4.69) is 6.07 Å². The SMILES string of the molecule is COc1ccc2c(-c3ccc(C#N)cc3)c(-c3ccccc3)oc2c1. The zero-order chi connectivity index (χ0) is 17.2. The van der Waals surface area contributed by atoms with Gasteiger partial charge in [0.05, 0.1) is 18.7 Å². The minimum atomic E-state index is 0.638. The maximum absolute atomic E-state index is 9.04. The Morgan fingerprint density at radius 3 is 2.32 bits per heavy atom. The second kappa shape index (κ2) is 6.18. The number of nitriles is 1. The molecule has 0 spiro atoms. The third-order valence-corrected chi connectivity index (χ3v) is 4.24. The van der Waals surface area contributed by atoms with Crippen LogP contribution in [-0.4, -0.2) is 7.11 Å². The van der Waals surface area contributed by atoms with Crippen LogP contribution in [0.2, 0.25) is 0 Å². The van der Waals surface area contributed by atoms with Gasteiger partial charge in [-0.2, -0.15) is 5.26 Å². The fourth-order valence-corrected chi connectivity index (χ4v) is 2.99. The Hall–Kier alpha value is -3.51. The van der Waals surface area contributed by atoms with E-state index in [1.807, 2.05) is 72.8 Å². The minimum absolute atomic E-state index is 0.638. The Morgan fingerprint density at radius 1 is 0.880 bits per heavy atom. The lowest BCUT2D eigenvalue weighted by Crippen LogP contribution is -1.83. The van der Waals surface area contributed by atoms with Crippen molar-refractivity contribution in [3.63, 3.8) is 0 Å². The summed E-state index contributed by atoms with van der Waals surface area (Å²) < 4.78 is 11.5. The van der Waals surface area contributed by atoms with Crippen molar-refractivity contribution in [2.24, 2.45) is 0 Å². The number of hydrogen-bond acceptors (Lipinski definition) is 3. The van der Waals surface area contributed by atoms with E-state index in [0.29, 0.717) is 5.56 Å². The fraction of sp³-hybridized carbons (Fsp3) is 0.0455. The zero-order valence-electron chi connectivity index (χ0n) is 13.7. The van der Waals surface area contributed by atoms with Crippen LogP contribution in [0.15, 0.2) is 77.2 Å².